The molecule has 0 saturated heterocycles. The normalized spacial score (nSPS) is 13.9. The van der Waals surface area contributed by atoms with E-state index in [-0.39, 0.29) is 24.1 Å². The molecule has 1 N–H and O–H groups in total. The molecule has 0 saturated carbocycles. The SMILES string of the molecule is Cc1ccc(NC2=C(c3ccc(Cl)cc3)C(=O)N(Cc3ccc(Cl)cc3)C2=O)cc1C. The standard InChI is InChI=1S/C25H20Cl2N2O2/c1-15-3-12-21(13-16(15)2)28-23-22(18-6-10-20(27)11-7-18)24(30)29(25(23)31)14-17-4-8-19(26)9-5-17/h3-13,28H,14H2,1-2H3. The molecule has 2 amide bonds. The smallest absolute Gasteiger partial charge is 0.278 e. The predicted octanol–water partition coefficient (Wildman–Crippen LogP) is 6.00. The van der Waals surface area contributed by atoms with Crippen LogP contribution in [0.2, 0.25) is 10.0 Å². The average Bonchev–Trinajstić information content (AvgIpc) is 2.97. The first-order valence-electron chi connectivity index (χ1n) is 9.78. The molecule has 156 valence electrons. The molecule has 0 unspecified atom stereocenters. The number of anilines is 1. The second-order valence-electron chi connectivity index (χ2n) is 7.50. The van der Waals surface area contributed by atoms with Gasteiger partial charge in [-0.15, -0.1) is 0 Å². The monoisotopic (exact) mass is 450 g/mol. The lowest BCUT2D eigenvalue weighted by Crippen LogP contribution is -2.32. The van der Waals surface area contributed by atoms with Gasteiger partial charge in [0.25, 0.3) is 11.8 Å². The van der Waals surface area contributed by atoms with Crippen LogP contribution in [-0.2, 0) is 16.1 Å². The summed E-state index contributed by atoms with van der Waals surface area (Å²) in [5.74, 6) is -0.725. The number of aryl methyl sites for hydroxylation is 2. The van der Waals surface area contributed by atoms with Gasteiger partial charge in [0.2, 0.25) is 0 Å². The molecule has 1 heterocycles. The topological polar surface area (TPSA) is 49.4 Å². The van der Waals surface area contributed by atoms with Gasteiger partial charge < -0.3 is 5.32 Å². The molecule has 6 heteroatoms. The second-order valence-corrected chi connectivity index (χ2v) is 8.38. The van der Waals surface area contributed by atoms with Gasteiger partial charge in [-0.05, 0) is 72.5 Å². The van der Waals surface area contributed by atoms with E-state index in [9.17, 15) is 9.59 Å². The number of carbonyl (C=O) groups is 2. The Kier molecular flexibility index (Phi) is 5.86. The highest BCUT2D eigenvalue weighted by Crippen LogP contribution is 2.32. The third-order valence-electron chi connectivity index (χ3n) is 5.33. The van der Waals surface area contributed by atoms with Crippen LogP contribution >= 0.6 is 23.2 Å². The summed E-state index contributed by atoms with van der Waals surface area (Å²) in [7, 11) is 0. The van der Waals surface area contributed by atoms with Crippen molar-refractivity contribution in [3.8, 4) is 0 Å². The average molecular weight is 451 g/mol. The lowest BCUT2D eigenvalue weighted by atomic mass is 10.0. The lowest BCUT2D eigenvalue weighted by Gasteiger charge is -2.15. The van der Waals surface area contributed by atoms with E-state index in [1.807, 2.05) is 32.0 Å². The minimum absolute atomic E-state index is 0.157. The molecule has 0 atom stereocenters. The molecule has 4 rings (SSSR count). The molecule has 0 spiro atoms. The number of imide groups is 1. The molecule has 3 aromatic carbocycles. The van der Waals surface area contributed by atoms with E-state index < -0.39 is 0 Å². The van der Waals surface area contributed by atoms with E-state index in [4.69, 9.17) is 23.2 Å². The largest absolute Gasteiger partial charge is 0.350 e. The Labute approximate surface area is 191 Å². The molecule has 1 aliphatic rings. The van der Waals surface area contributed by atoms with Crippen LogP contribution < -0.4 is 5.32 Å². The summed E-state index contributed by atoms with van der Waals surface area (Å²) in [6.45, 7) is 4.18. The molecule has 3 aromatic rings. The highest BCUT2D eigenvalue weighted by atomic mass is 35.5. The van der Waals surface area contributed by atoms with E-state index in [1.54, 1.807) is 48.5 Å². The molecule has 0 aliphatic carbocycles. The fourth-order valence-electron chi connectivity index (χ4n) is 3.46. The van der Waals surface area contributed by atoms with Crippen LogP contribution in [0.25, 0.3) is 5.57 Å². The number of halogens is 2. The Hall–Kier alpha value is -3.08. The van der Waals surface area contributed by atoms with Crippen LogP contribution in [0.4, 0.5) is 5.69 Å². The number of nitrogens with zero attached hydrogens (tertiary/aromatic N) is 1. The van der Waals surface area contributed by atoms with Gasteiger partial charge >= 0.3 is 0 Å². The van der Waals surface area contributed by atoms with Crippen LogP contribution in [0, 0.1) is 13.8 Å². The van der Waals surface area contributed by atoms with Crippen LogP contribution in [0.1, 0.15) is 22.3 Å². The first kappa shape index (κ1) is 21.2. The maximum Gasteiger partial charge on any atom is 0.278 e. The maximum absolute atomic E-state index is 13.3. The Morgan fingerprint density at radius 3 is 2.00 bits per heavy atom. The van der Waals surface area contributed by atoms with Crippen LogP contribution in [0.5, 0.6) is 0 Å². The Balaban J connectivity index is 1.74. The summed E-state index contributed by atoms with van der Waals surface area (Å²) in [4.78, 5) is 27.9. The van der Waals surface area contributed by atoms with Gasteiger partial charge in [-0.1, -0.05) is 53.5 Å². The number of hydrogen-bond acceptors (Lipinski definition) is 3. The van der Waals surface area contributed by atoms with E-state index in [1.165, 1.54) is 4.90 Å². The zero-order valence-corrected chi connectivity index (χ0v) is 18.6. The van der Waals surface area contributed by atoms with Crippen molar-refractivity contribution in [2.45, 2.75) is 20.4 Å². The second kappa shape index (κ2) is 8.58. The molecule has 0 radical (unpaired) electrons. The predicted molar refractivity (Wildman–Crippen MR) is 125 cm³/mol. The molecule has 0 bridgehead atoms. The first-order chi connectivity index (χ1) is 14.8. The fourth-order valence-corrected chi connectivity index (χ4v) is 3.71. The van der Waals surface area contributed by atoms with Crippen molar-refractivity contribution in [2.75, 3.05) is 5.32 Å². The van der Waals surface area contributed by atoms with Crippen LogP contribution in [-0.4, -0.2) is 16.7 Å². The molecular weight excluding hydrogens is 431 g/mol. The summed E-state index contributed by atoms with van der Waals surface area (Å²) in [6, 6.07) is 19.8. The molecule has 0 fully saturated rings. The summed E-state index contributed by atoms with van der Waals surface area (Å²) in [5, 5.41) is 4.35. The molecule has 1 aliphatic heterocycles. The molecule has 0 aromatic heterocycles. The van der Waals surface area contributed by atoms with Crippen molar-refractivity contribution in [1.29, 1.82) is 0 Å². The van der Waals surface area contributed by atoms with Gasteiger partial charge in [0, 0.05) is 15.7 Å². The van der Waals surface area contributed by atoms with Crippen molar-refractivity contribution in [2.24, 2.45) is 0 Å². The Bertz CT molecular complexity index is 1200. The highest BCUT2D eigenvalue weighted by Gasteiger charge is 2.39. The molecule has 4 nitrogen and oxygen atoms in total. The zero-order chi connectivity index (χ0) is 22.1. The Morgan fingerprint density at radius 1 is 0.774 bits per heavy atom. The summed E-state index contributed by atoms with van der Waals surface area (Å²) >= 11 is 12.0. The zero-order valence-electron chi connectivity index (χ0n) is 17.1. The van der Waals surface area contributed by atoms with Crippen LogP contribution in [0.3, 0.4) is 0 Å². The van der Waals surface area contributed by atoms with E-state index in [0.717, 1.165) is 22.4 Å². The quantitative estimate of drug-likeness (QED) is 0.484. The third kappa shape index (κ3) is 4.36. The molecule has 31 heavy (non-hydrogen) atoms. The highest BCUT2D eigenvalue weighted by molar-refractivity contribution is 6.37. The van der Waals surface area contributed by atoms with E-state index in [0.29, 0.717) is 21.2 Å². The summed E-state index contributed by atoms with van der Waals surface area (Å²) in [5.41, 5.74) is 5.02. The number of benzene rings is 3. The van der Waals surface area contributed by atoms with Gasteiger partial charge in [0.05, 0.1) is 12.1 Å². The van der Waals surface area contributed by atoms with Crippen molar-refractivity contribution in [1.82, 2.24) is 4.90 Å². The number of nitrogens with one attached hydrogen (secondary N) is 1. The lowest BCUT2D eigenvalue weighted by molar-refractivity contribution is -0.137. The number of rotatable bonds is 5. The first-order valence-corrected chi connectivity index (χ1v) is 10.5. The number of hydrogen-bond donors (Lipinski definition) is 1. The summed E-state index contributed by atoms with van der Waals surface area (Å²) < 4.78 is 0. The third-order valence-corrected chi connectivity index (χ3v) is 5.84. The van der Waals surface area contributed by atoms with Crippen LogP contribution in [0.15, 0.2) is 72.4 Å². The van der Waals surface area contributed by atoms with Crippen molar-refractivity contribution in [3.05, 3.63) is 105 Å². The van der Waals surface area contributed by atoms with Crippen molar-refractivity contribution >= 4 is 46.3 Å². The van der Waals surface area contributed by atoms with E-state index in [2.05, 4.69) is 5.32 Å². The van der Waals surface area contributed by atoms with Gasteiger partial charge in [-0.25, -0.2) is 0 Å². The van der Waals surface area contributed by atoms with Gasteiger partial charge in [-0.3, -0.25) is 14.5 Å². The van der Waals surface area contributed by atoms with Crippen molar-refractivity contribution < 1.29 is 9.59 Å². The minimum atomic E-state index is -0.372. The number of carbonyl (C=O) groups excluding carboxylic acids is 2. The maximum atomic E-state index is 13.3. The van der Waals surface area contributed by atoms with Gasteiger partial charge in [0.1, 0.15) is 5.70 Å². The Morgan fingerprint density at radius 2 is 1.39 bits per heavy atom. The summed E-state index contributed by atoms with van der Waals surface area (Å²) in [6.07, 6.45) is 0. The molecular formula is C25H20Cl2N2O2. The van der Waals surface area contributed by atoms with Gasteiger partial charge in [-0.2, -0.15) is 0 Å². The number of amides is 2. The van der Waals surface area contributed by atoms with Crippen molar-refractivity contribution in [3.63, 3.8) is 0 Å². The van der Waals surface area contributed by atoms with Gasteiger partial charge in [0.15, 0.2) is 0 Å². The van der Waals surface area contributed by atoms with E-state index >= 15 is 0 Å². The minimum Gasteiger partial charge on any atom is -0.350 e. The fraction of sp³-hybridized carbons (Fsp3) is 0.120.